The molecule has 0 spiro atoms. The number of rotatable bonds is 5. The van der Waals surface area contributed by atoms with Gasteiger partial charge in [0.05, 0.1) is 11.0 Å². The highest BCUT2D eigenvalue weighted by atomic mass is 32.2. The highest BCUT2D eigenvalue weighted by molar-refractivity contribution is 7.86. The van der Waals surface area contributed by atoms with Gasteiger partial charge >= 0.3 is 0 Å². The summed E-state index contributed by atoms with van der Waals surface area (Å²) in [5.41, 5.74) is 1.63. The van der Waals surface area contributed by atoms with Crippen LogP contribution in [-0.2, 0) is 14.3 Å². The highest BCUT2D eigenvalue weighted by Crippen LogP contribution is 2.45. The topological polar surface area (TPSA) is 43.4 Å². The number of benzene rings is 1. The summed E-state index contributed by atoms with van der Waals surface area (Å²) in [6, 6.07) is 6.87. The molecule has 1 fully saturated rings. The lowest BCUT2D eigenvalue weighted by atomic mass is 9.64. The quantitative estimate of drug-likeness (QED) is 0.626. The third-order valence-corrected chi connectivity index (χ3v) is 6.71. The van der Waals surface area contributed by atoms with Gasteiger partial charge in [0.1, 0.15) is 0 Å². The van der Waals surface area contributed by atoms with Crippen LogP contribution in [0.5, 0.6) is 0 Å². The molecule has 0 unspecified atom stereocenters. The zero-order valence-electron chi connectivity index (χ0n) is 16.6. The van der Waals surface area contributed by atoms with Crippen molar-refractivity contribution in [2.45, 2.75) is 84.6 Å². The molecule has 0 amide bonds. The first-order chi connectivity index (χ1) is 11.4. The first kappa shape index (κ1) is 20.4. The molecule has 1 aromatic carbocycles. The van der Waals surface area contributed by atoms with E-state index in [2.05, 4.69) is 34.6 Å². The van der Waals surface area contributed by atoms with Crippen LogP contribution in [0.4, 0.5) is 0 Å². The van der Waals surface area contributed by atoms with Gasteiger partial charge in [-0.2, -0.15) is 8.42 Å². The molecule has 0 N–H and O–H groups in total. The second-order valence-corrected chi connectivity index (χ2v) is 11.1. The van der Waals surface area contributed by atoms with Gasteiger partial charge in [-0.25, -0.2) is 0 Å². The Labute approximate surface area is 154 Å². The third kappa shape index (κ3) is 5.82. The minimum atomic E-state index is -3.66. The van der Waals surface area contributed by atoms with E-state index in [0.717, 1.165) is 31.2 Å². The van der Waals surface area contributed by atoms with Crippen molar-refractivity contribution in [3.63, 3.8) is 0 Å². The normalized spacial score (nSPS) is 22.8. The van der Waals surface area contributed by atoms with Crippen molar-refractivity contribution in [2.75, 3.05) is 0 Å². The van der Waals surface area contributed by atoms with Crippen molar-refractivity contribution in [3.8, 4) is 0 Å². The van der Waals surface area contributed by atoms with Gasteiger partial charge in [-0.1, -0.05) is 52.3 Å². The standard InChI is InChI=1S/C21H34O3S/c1-16-7-13-19(14-8-16)25(22,23)24-18-11-9-17(10-12-18)21(5,6)15-20(2,3)4/h7-8,13-14,17-18H,9-12,15H2,1-6H3/t17-,18-. The second kappa shape index (κ2) is 7.40. The molecule has 0 bridgehead atoms. The van der Waals surface area contributed by atoms with Crippen LogP contribution in [-0.4, -0.2) is 14.5 Å². The molecule has 0 aliphatic heterocycles. The molecule has 0 aromatic heterocycles. The average molecular weight is 367 g/mol. The highest BCUT2D eigenvalue weighted by Gasteiger charge is 2.37. The molecular formula is C21H34O3S. The molecule has 0 saturated heterocycles. The Balaban J connectivity index is 1.95. The van der Waals surface area contributed by atoms with Crippen molar-refractivity contribution in [1.29, 1.82) is 0 Å². The molecule has 3 nitrogen and oxygen atoms in total. The molecule has 0 atom stereocenters. The van der Waals surface area contributed by atoms with E-state index in [4.69, 9.17) is 4.18 Å². The lowest BCUT2D eigenvalue weighted by Crippen LogP contribution is -2.34. The van der Waals surface area contributed by atoms with Crippen molar-refractivity contribution in [2.24, 2.45) is 16.7 Å². The van der Waals surface area contributed by atoms with Crippen LogP contribution in [0.3, 0.4) is 0 Å². The summed E-state index contributed by atoms with van der Waals surface area (Å²) < 4.78 is 30.4. The minimum Gasteiger partial charge on any atom is -0.263 e. The van der Waals surface area contributed by atoms with Gasteiger partial charge in [0.25, 0.3) is 10.1 Å². The molecule has 25 heavy (non-hydrogen) atoms. The Hall–Kier alpha value is -0.870. The second-order valence-electron chi connectivity index (χ2n) is 9.56. The Morgan fingerprint density at radius 3 is 1.96 bits per heavy atom. The monoisotopic (exact) mass is 366 g/mol. The van der Waals surface area contributed by atoms with E-state index in [1.807, 2.05) is 19.1 Å². The van der Waals surface area contributed by atoms with Crippen molar-refractivity contribution < 1.29 is 12.6 Å². The number of hydrogen-bond acceptors (Lipinski definition) is 3. The van der Waals surface area contributed by atoms with Gasteiger partial charge < -0.3 is 0 Å². The summed E-state index contributed by atoms with van der Waals surface area (Å²) in [4.78, 5) is 0.258. The fourth-order valence-electron chi connectivity index (χ4n) is 4.39. The van der Waals surface area contributed by atoms with Crippen LogP contribution >= 0.6 is 0 Å². The average Bonchev–Trinajstić information content (AvgIpc) is 2.45. The molecule has 1 aromatic rings. The van der Waals surface area contributed by atoms with E-state index in [1.54, 1.807) is 12.1 Å². The SMILES string of the molecule is Cc1ccc(S(=O)(=O)O[C@H]2CC[C@H](C(C)(C)CC(C)(C)C)CC2)cc1. The molecule has 142 valence electrons. The predicted octanol–water partition coefficient (Wildman–Crippen LogP) is 5.72. The van der Waals surface area contributed by atoms with Gasteiger partial charge in [-0.3, -0.25) is 4.18 Å². The summed E-state index contributed by atoms with van der Waals surface area (Å²) in [7, 11) is -3.66. The van der Waals surface area contributed by atoms with E-state index < -0.39 is 10.1 Å². The Morgan fingerprint density at radius 2 is 1.48 bits per heavy atom. The molecule has 0 radical (unpaired) electrons. The summed E-state index contributed by atoms with van der Waals surface area (Å²) in [5.74, 6) is 0.633. The maximum atomic E-state index is 12.5. The minimum absolute atomic E-state index is 0.187. The van der Waals surface area contributed by atoms with Crippen molar-refractivity contribution >= 4 is 10.1 Å². The summed E-state index contributed by atoms with van der Waals surface area (Å²) in [6.45, 7) is 13.5. The van der Waals surface area contributed by atoms with Gasteiger partial charge in [0.2, 0.25) is 0 Å². The third-order valence-electron chi connectivity index (χ3n) is 5.34. The Bertz CT molecular complexity index is 658. The van der Waals surface area contributed by atoms with E-state index in [0.29, 0.717) is 11.3 Å². The fourth-order valence-corrected chi connectivity index (χ4v) is 5.52. The zero-order chi connectivity index (χ0) is 18.9. The molecule has 1 aliphatic rings. The van der Waals surface area contributed by atoms with Crippen LogP contribution in [0.2, 0.25) is 0 Å². The smallest absolute Gasteiger partial charge is 0.263 e. The van der Waals surface area contributed by atoms with E-state index in [1.165, 1.54) is 6.42 Å². The number of aryl methyl sites for hydroxylation is 1. The predicted molar refractivity (Wildman–Crippen MR) is 103 cm³/mol. The molecule has 2 rings (SSSR count). The van der Waals surface area contributed by atoms with Crippen LogP contribution in [0, 0.1) is 23.7 Å². The van der Waals surface area contributed by atoms with Crippen LogP contribution < -0.4 is 0 Å². The lowest BCUT2D eigenvalue weighted by molar-refractivity contribution is 0.0580. The van der Waals surface area contributed by atoms with E-state index in [9.17, 15) is 8.42 Å². The first-order valence-corrected chi connectivity index (χ1v) is 10.8. The van der Waals surface area contributed by atoms with Crippen molar-refractivity contribution in [3.05, 3.63) is 29.8 Å². The van der Waals surface area contributed by atoms with Crippen LogP contribution in [0.25, 0.3) is 0 Å². The van der Waals surface area contributed by atoms with Crippen LogP contribution in [0.15, 0.2) is 29.2 Å². The summed E-state index contributed by atoms with van der Waals surface area (Å²) in [5, 5.41) is 0. The van der Waals surface area contributed by atoms with Gasteiger partial charge in [0.15, 0.2) is 0 Å². The van der Waals surface area contributed by atoms with E-state index >= 15 is 0 Å². The zero-order valence-corrected chi connectivity index (χ0v) is 17.4. The largest absolute Gasteiger partial charge is 0.297 e. The molecule has 0 heterocycles. The molecular weight excluding hydrogens is 332 g/mol. The maximum Gasteiger partial charge on any atom is 0.297 e. The fraction of sp³-hybridized carbons (Fsp3) is 0.714. The summed E-state index contributed by atoms with van der Waals surface area (Å²) in [6.07, 6.45) is 4.71. The van der Waals surface area contributed by atoms with Crippen molar-refractivity contribution in [1.82, 2.24) is 0 Å². The molecule has 4 heteroatoms. The summed E-state index contributed by atoms with van der Waals surface area (Å²) >= 11 is 0. The molecule has 1 aliphatic carbocycles. The van der Waals surface area contributed by atoms with Gasteiger partial charge in [-0.15, -0.1) is 0 Å². The number of hydrogen-bond donors (Lipinski definition) is 0. The Morgan fingerprint density at radius 1 is 0.960 bits per heavy atom. The maximum absolute atomic E-state index is 12.5. The van der Waals surface area contributed by atoms with Crippen LogP contribution in [0.1, 0.15) is 72.3 Å². The van der Waals surface area contributed by atoms with Gasteiger partial charge in [-0.05, 0) is 67.9 Å². The molecule has 1 saturated carbocycles. The Kier molecular flexibility index (Phi) is 6.05. The van der Waals surface area contributed by atoms with Gasteiger partial charge in [0, 0.05) is 0 Å². The van der Waals surface area contributed by atoms with E-state index in [-0.39, 0.29) is 16.4 Å². The first-order valence-electron chi connectivity index (χ1n) is 9.39. The lowest BCUT2D eigenvalue weighted by Gasteiger charge is -2.42.